The average molecular weight is 520 g/mol. The number of hydrogen-bond acceptors (Lipinski definition) is 7. The van der Waals surface area contributed by atoms with Gasteiger partial charge in [0.15, 0.2) is 0 Å². The van der Waals surface area contributed by atoms with Crippen LogP contribution in [-0.2, 0) is 20.1 Å². The number of aliphatic hydroxyl groups excluding tert-OH is 1. The molecule has 0 amide bonds. The number of aliphatic hydroxyl groups is 1. The highest BCUT2D eigenvalue weighted by atomic mass is 16.5. The molecule has 38 heavy (non-hydrogen) atoms. The molecule has 5 rings (SSSR count). The second-order valence-corrected chi connectivity index (χ2v) is 10.3. The molecule has 10 heteroatoms. The Morgan fingerprint density at radius 2 is 2.00 bits per heavy atom. The molecule has 2 bridgehead atoms. The van der Waals surface area contributed by atoms with Crippen molar-refractivity contribution in [3.8, 4) is 22.9 Å². The lowest BCUT2D eigenvalue weighted by Crippen LogP contribution is -2.35. The highest BCUT2D eigenvalue weighted by Crippen LogP contribution is 2.32. The standard InChI is InChI=1S/C28H37N7O3/c1-7-33-15-20(5)38-28-24(13-30-32(28)6)21-8-11-26-29-12-22(34(26)16-21)9-10-23-25(17-33)35(14-19(4)36)31-27(23)37-18(2)3/h8-13,16,18-20,36H,7,14-15,17H2,1-6H3/b10-9+/t19-,20-/m0/s1. The van der Waals surface area contributed by atoms with Crippen molar-refractivity contribution in [2.45, 2.75) is 66.0 Å². The molecule has 2 atom stereocenters. The number of likely N-dealkylation sites (N-methyl/N-ethyl adjacent to an activating group) is 1. The summed E-state index contributed by atoms with van der Waals surface area (Å²) in [5, 5.41) is 19.5. The second-order valence-electron chi connectivity index (χ2n) is 10.3. The summed E-state index contributed by atoms with van der Waals surface area (Å²) < 4.78 is 18.4. The molecule has 4 aromatic heterocycles. The van der Waals surface area contributed by atoms with Crippen molar-refractivity contribution in [2.24, 2.45) is 7.05 Å². The Hall–Kier alpha value is -3.63. The Morgan fingerprint density at radius 1 is 1.18 bits per heavy atom. The lowest BCUT2D eigenvalue weighted by atomic mass is 10.1. The molecule has 0 saturated heterocycles. The van der Waals surface area contributed by atoms with Crippen LogP contribution in [-0.4, -0.2) is 70.4 Å². The van der Waals surface area contributed by atoms with E-state index in [1.54, 1.807) is 11.6 Å². The highest BCUT2D eigenvalue weighted by molar-refractivity contribution is 5.74. The maximum absolute atomic E-state index is 10.2. The molecule has 0 aliphatic carbocycles. The van der Waals surface area contributed by atoms with E-state index in [4.69, 9.17) is 14.6 Å². The summed E-state index contributed by atoms with van der Waals surface area (Å²) in [7, 11) is 1.90. The molecule has 0 saturated carbocycles. The van der Waals surface area contributed by atoms with Gasteiger partial charge in [0, 0.05) is 31.9 Å². The van der Waals surface area contributed by atoms with Crippen LogP contribution in [0.3, 0.4) is 0 Å². The van der Waals surface area contributed by atoms with Crippen LogP contribution in [0.25, 0.3) is 28.9 Å². The van der Waals surface area contributed by atoms with Crippen LogP contribution in [0, 0.1) is 0 Å². The molecule has 1 aliphatic heterocycles. The fraction of sp³-hybridized carbons (Fsp3) is 0.464. The molecule has 1 N–H and O–H groups in total. The zero-order valence-electron chi connectivity index (χ0n) is 23.0. The van der Waals surface area contributed by atoms with Gasteiger partial charge in [-0.3, -0.25) is 14.0 Å². The summed E-state index contributed by atoms with van der Waals surface area (Å²) in [6.07, 6.45) is 9.18. The molecule has 0 aromatic carbocycles. The van der Waals surface area contributed by atoms with Gasteiger partial charge in [-0.25, -0.2) is 9.67 Å². The minimum atomic E-state index is -0.552. The molecule has 5 heterocycles. The van der Waals surface area contributed by atoms with Crippen molar-refractivity contribution in [3.05, 3.63) is 47.7 Å². The zero-order chi connectivity index (χ0) is 27.0. The Kier molecular flexibility index (Phi) is 7.27. The minimum absolute atomic E-state index is 0.0415. The van der Waals surface area contributed by atoms with E-state index in [0.717, 1.165) is 46.2 Å². The van der Waals surface area contributed by atoms with E-state index in [2.05, 4.69) is 45.5 Å². The molecular formula is C28H37N7O3. The van der Waals surface area contributed by atoms with Crippen molar-refractivity contribution in [1.82, 2.24) is 33.8 Å². The van der Waals surface area contributed by atoms with Crippen LogP contribution in [0.15, 0.2) is 30.7 Å². The van der Waals surface area contributed by atoms with Gasteiger partial charge >= 0.3 is 0 Å². The molecule has 1 aliphatic rings. The predicted octanol–water partition coefficient (Wildman–Crippen LogP) is 3.87. The van der Waals surface area contributed by atoms with Crippen LogP contribution >= 0.6 is 0 Å². The first-order chi connectivity index (χ1) is 18.2. The summed E-state index contributed by atoms with van der Waals surface area (Å²) >= 11 is 0. The largest absolute Gasteiger partial charge is 0.473 e. The van der Waals surface area contributed by atoms with Crippen molar-refractivity contribution in [3.63, 3.8) is 0 Å². The summed E-state index contributed by atoms with van der Waals surface area (Å²) in [4.78, 5) is 6.93. The number of imidazole rings is 1. The predicted molar refractivity (Wildman–Crippen MR) is 147 cm³/mol. The van der Waals surface area contributed by atoms with E-state index in [1.165, 1.54) is 0 Å². The van der Waals surface area contributed by atoms with Gasteiger partial charge in [0.05, 0.1) is 53.7 Å². The average Bonchev–Trinajstić information content (AvgIpc) is 3.52. The van der Waals surface area contributed by atoms with Gasteiger partial charge in [-0.1, -0.05) is 6.92 Å². The molecule has 4 aromatic rings. The van der Waals surface area contributed by atoms with Crippen molar-refractivity contribution >= 4 is 17.8 Å². The van der Waals surface area contributed by atoms with E-state index in [0.29, 0.717) is 25.5 Å². The molecule has 0 radical (unpaired) electrons. The Balaban J connectivity index is 1.70. The molecule has 0 spiro atoms. The summed E-state index contributed by atoms with van der Waals surface area (Å²) in [6, 6.07) is 4.05. The lowest BCUT2D eigenvalue weighted by Gasteiger charge is -2.26. The topological polar surface area (TPSA) is 94.9 Å². The SMILES string of the molecule is CCN1Cc2c(c(OC(C)C)nn2C[C@H](C)O)/C=C/c2cnc3ccc(cn23)-c2cnn(C)c2O[C@@H](C)C1. The van der Waals surface area contributed by atoms with Crippen molar-refractivity contribution in [1.29, 1.82) is 0 Å². The first-order valence-electron chi connectivity index (χ1n) is 13.2. The summed E-state index contributed by atoms with van der Waals surface area (Å²) in [5.74, 6) is 1.29. The smallest absolute Gasteiger partial charge is 0.240 e. The number of pyridine rings is 1. The first kappa shape index (κ1) is 26.0. The van der Waals surface area contributed by atoms with E-state index < -0.39 is 6.10 Å². The number of hydrogen-bond donors (Lipinski definition) is 1. The quantitative estimate of drug-likeness (QED) is 0.428. The third kappa shape index (κ3) is 5.19. The maximum atomic E-state index is 10.2. The van der Waals surface area contributed by atoms with Crippen LogP contribution < -0.4 is 9.47 Å². The monoisotopic (exact) mass is 519 g/mol. The third-order valence-corrected chi connectivity index (χ3v) is 6.65. The minimum Gasteiger partial charge on any atom is -0.473 e. The fourth-order valence-corrected chi connectivity index (χ4v) is 4.86. The third-order valence-electron chi connectivity index (χ3n) is 6.65. The summed E-state index contributed by atoms with van der Waals surface area (Å²) in [6.45, 7) is 12.5. The molecule has 10 nitrogen and oxygen atoms in total. The molecule has 202 valence electrons. The maximum Gasteiger partial charge on any atom is 0.240 e. The lowest BCUT2D eigenvalue weighted by molar-refractivity contribution is 0.131. The normalized spacial score (nSPS) is 18.1. The number of fused-ring (bicyclic) bond motifs is 4. The van der Waals surface area contributed by atoms with Gasteiger partial charge in [-0.15, -0.1) is 5.10 Å². The van der Waals surface area contributed by atoms with E-state index in [-0.39, 0.29) is 12.2 Å². The number of ether oxygens (including phenoxy) is 2. The van der Waals surface area contributed by atoms with E-state index >= 15 is 0 Å². The fourth-order valence-electron chi connectivity index (χ4n) is 4.86. The van der Waals surface area contributed by atoms with Crippen LogP contribution in [0.4, 0.5) is 0 Å². The van der Waals surface area contributed by atoms with Crippen LogP contribution in [0.2, 0.25) is 0 Å². The molecule has 0 unspecified atom stereocenters. The first-order valence-corrected chi connectivity index (χ1v) is 13.2. The van der Waals surface area contributed by atoms with Gasteiger partial charge in [0.1, 0.15) is 11.8 Å². The van der Waals surface area contributed by atoms with Gasteiger partial charge in [-0.2, -0.15) is 5.10 Å². The Bertz CT molecular complexity index is 1450. The van der Waals surface area contributed by atoms with Gasteiger partial charge in [0.25, 0.3) is 0 Å². The molecular weight excluding hydrogens is 482 g/mol. The number of nitrogens with zero attached hydrogens (tertiary/aromatic N) is 7. The van der Waals surface area contributed by atoms with Crippen molar-refractivity contribution in [2.75, 3.05) is 13.1 Å². The number of aryl methyl sites for hydroxylation is 1. The van der Waals surface area contributed by atoms with Gasteiger partial charge in [0.2, 0.25) is 11.8 Å². The zero-order valence-corrected chi connectivity index (χ0v) is 23.0. The highest BCUT2D eigenvalue weighted by Gasteiger charge is 2.24. The Morgan fingerprint density at radius 3 is 2.74 bits per heavy atom. The summed E-state index contributed by atoms with van der Waals surface area (Å²) in [5.41, 5.74) is 5.59. The van der Waals surface area contributed by atoms with Gasteiger partial charge in [-0.05, 0) is 58.5 Å². The second kappa shape index (κ2) is 10.6. The molecule has 0 fully saturated rings. The van der Waals surface area contributed by atoms with Gasteiger partial charge < -0.3 is 14.6 Å². The van der Waals surface area contributed by atoms with Crippen LogP contribution in [0.1, 0.15) is 51.6 Å². The van der Waals surface area contributed by atoms with Crippen molar-refractivity contribution < 1.29 is 14.6 Å². The van der Waals surface area contributed by atoms with E-state index in [1.807, 2.05) is 56.2 Å². The van der Waals surface area contributed by atoms with Crippen LogP contribution in [0.5, 0.6) is 11.8 Å². The number of rotatable bonds is 5. The van der Waals surface area contributed by atoms with E-state index in [9.17, 15) is 5.11 Å². The Labute approximate surface area is 223 Å². The number of aromatic nitrogens is 6.